The quantitative estimate of drug-likeness (QED) is 0.548. The topological polar surface area (TPSA) is 60.2 Å². The van der Waals surface area contributed by atoms with Crippen molar-refractivity contribution < 1.29 is 14.2 Å². The highest BCUT2D eigenvalue weighted by atomic mass is 32.2. The Hall–Kier alpha value is -2.38. The molecule has 0 bridgehead atoms. The fourth-order valence-electron chi connectivity index (χ4n) is 3.29. The zero-order chi connectivity index (χ0) is 20.4. The van der Waals surface area contributed by atoms with Gasteiger partial charge in [0.05, 0.1) is 11.7 Å². The Morgan fingerprint density at radius 2 is 1.86 bits per heavy atom. The van der Waals surface area contributed by atoms with Crippen LogP contribution in [0.2, 0.25) is 0 Å². The maximum atomic E-state index is 14.2. The summed E-state index contributed by atoms with van der Waals surface area (Å²) in [4.78, 5) is 0. The van der Waals surface area contributed by atoms with Gasteiger partial charge < -0.3 is 9.84 Å². The second-order valence-corrected chi connectivity index (χ2v) is 8.37. The number of aliphatic hydroxyl groups is 1. The molecule has 1 saturated carbocycles. The summed E-state index contributed by atoms with van der Waals surface area (Å²) < 4.78 is 22.1. The van der Waals surface area contributed by atoms with Gasteiger partial charge in [-0.15, -0.1) is 10.2 Å². The third-order valence-corrected chi connectivity index (χ3v) is 6.01. The normalized spacial score (nSPS) is 14.8. The van der Waals surface area contributed by atoms with Gasteiger partial charge in [0.1, 0.15) is 18.2 Å². The summed E-state index contributed by atoms with van der Waals surface area (Å²) in [6.45, 7) is 4.19. The molecule has 0 radical (unpaired) electrons. The Kier molecular flexibility index (Phi) is 5.87. The second kappa shape index (κ2) is 8.55. The van der Waals surface area contributed by atoms with Crippen LogP contribution in [-0.2, 0) is 0 Å². The monoisotopic (exact) mass is 413 g/mol. The van der Waals surface area contributed by atoms with Crippen molar-refractivity contribution in [1.29, 1.82) is 0 Å². The van der Waals surface area contributed by atoms with E-state index in [9.17, 15) is 9.50 Å². The van der Waals surface area contributed by atoms with E-state index in [0.29, 0.717) is 28.3 Å². The third-order valence-electron chi connectivity index (χ3n) is 4.92. The van der Waals surface area contributed by atoms with Crippen molar-refractivity contribution in [3.63, 3.8) is 0 Å². The van der Waals surface area contributed by atoms with Gasteiger partial charge in [0.25, 0.3) is 0 Å². The van der Waals surface area contributed by atoms with Crippen molar-refractivity contribution in [1.82, 2.24) is 14.8 Å². The minimum absolute atomic E-state index is 0.205. The highest BCUT2D eigenvalue weighted by Crippen LogP contribution is 2.41. The van der Waals surface area contributed by atoms with Crippen LogP contribution in [0.15, 0.2) is 47.6 Å². The summed E-state index contributed by atoms with van der Waals surface area (Å²) in [5, 5.41) is 19.6. The van der Waals surface area contributed by atoms with Crippen molar-refractivity contribution in [2.24, 2.45) is 0 Å². The van der Waals surface area contributed by atoms with Crippen molar-refractivity contribution in [3.05, 3.63) is 59.4 Å². The highest BCUT2D eigenvalue weighted by Gasteiger charge is 2.31. The van der Waals surface area contributed by atoms with E-state index in [1.807, 2.05) is 36.6 Å². The molecule has 0 spiro atoms. The summed E-state index contributed by atoms with van der Waals surface area (Å²) in [5.74, 6) is 1.49. The summed E-state index contributed by atoms with van der Waals surface area (Å²) in [6, 6.07) is 12.9. The molecule has 0 amide bonds. The molecule has 4 rings (SSSR count). The molecule has 7 heteroatoms. The van der Waals surface area contributed by atoms with E-state index in [4.69, 9.17) is 4.74 Å². The maximum absolute atomic E-state index is 14.2. The van der Waals surface area contributed by atoms with Gasteiger partial charge in [-0.2, -0.15) is 0 Å². The number of hydrogen-bond donors (Lipinski definition) is 1. The number of ether oxygens (including phenoxy) is 1. The molecule has 1 N–H and O–H groups in total. The Morgan fingerprint density at radius 1 is 1.14 bits per heavy atom. The number of para-hydroxylation sites is 1. The Bertz CT molecular complexity index is 983. The molecule has 3 aromatic rings. The van der Waals surface area contributed by atoms with Crippen LogP contribution in [-0.4, -0.2) is 38.3 Å². The summed E-state index contributed by atoms with van der Waals surface area (Å²) >= 11 is 1.43. The molecular weight excluding hydrogens is 389 g/mol. The van der Waals surface area contributed by atoms with Gasteiger partial charge >= 0.3 is 0 Å². The van der Waals surface area contributed by atoms with Crippen molar-refractivity contribution in [3.8, 4) is 17.1 Å². The number of thioether (sulfide) groups is 1. The average molecular weight is 414 g/mol. The van der Waals surface area contributed by atoms with E-state index in [0.717, 1.165) is 29.7 Å². The number of nitrogens with zero attached hydrogens (tertiary/aromatic N) is 3. The second-order valence-electron chi connectivity index (χ2n) is 7.38. The Balaban J connectivity index is 1.43. The molecule has 0 unspecified atom stereocenters. The SMILES string of the molecule is Cc1cccc(C)c1OC[C@H](O)CSc1nnc(-c2ccccc2F)n1C1CC1. The molecule has 0 saturated heterocycles. The molecule has 1 atom stereocenters. The van der Waals surface area contributed by atoms with Crippen molar-refractivity contribution >= 4 is 11.8 Å². The van der Waals surface area contributed by atoms with Crippen LogP contribution in [0.4, 0.5) is 4.39 Å². The van der Waals surface area contributed by atoms with E-state index < -0.39 is 6.10 Å². The number of rotatable bonds is 8. The van der Waals surface area contributed by atoms with Crippen LogP contribution in [0.5, 0.6) is 5.75 Å². The zero-order valence-corrected chi connectivity index (χ0v) is 17.3. The lowest BCUT2D eigenvalue weighted by atomic mass is 10.1. The van der Waals surface area contributed by atoms with E-state index in [2.05, 4.69) is 10.2 Å². The van der Waals surface area contributed by atoms with Crippen LogP contribution in [0, 0.1) is 19.7 Å². The number of aliphatic hydroxyl groups excluding tert-OH is 1. The molecule has 152 valence electrons. The molecule has 5 nitrogen and oxygen atoms in total. The van der Waals surface area contributed by atoms with Crippen molar-refractivity contribution in [2.75, 3.05) is 12.4 Å². The molecule has 1 aromatic heterocycles. The molecular formula is C22H24FN3O2S. The molecule has 0 aliphatic heterocycles. The number of benzene rings is 2. The number of hydrogen-bond acceptors (Lipinski definition) is 5. The Labute approximate surface area is 173 Å². The summed E-state index contributed by atoms with van der Waals surface area (Å²) in [7, 11) is 0. The summed E-state index contributed by atoms with van der Waals surface area (Å²) in [5.41, 5.74) is 2.55. The first-order valence-corrected chi connectivity index (χ1v) is 10.7. The smallest absolute Gasteiger partial charge is 0.191 e. The first kappa shape index (κ1) is 19.9. The lowest BCUT2D eigenvalue weighted by Crippen LogP contribution is -2.21. The zero-order valence-electron chi connectivity index (χ0n) is 16.5. The van der Waals surface area contributed by atoms with Crippen LogP contribution in [0.25, 0.3) is 11.4 Å². The lowest BCUT2D eigenvalue weighted by molar-refractivity contribution is 0.125. The van der Waals surface area contributed by atoms with Crippen LogP contribution < -0.4 is 4.74 Å². The summed E-state index contributed by atoms with van der Waals surface area (Å²) in [6.07, 6.45) is 1.41. The van der Waals surface area contributed by atoms with Crippen LogP contribution >= 0.6 is 11.8 Å². The molecule has 2 aromatic carbocycles. The Morgan fingerprint density at radius 3 is 2.55 bits per heavy atom. The number of halogens is 1. The molecule has 29 heavy (non-hydrogen) atoms. The van der Waals surface area contributed by atoms with Crippen molar-refractivity contribution in [2.45, 2.75) is 44.0 Å². The average Bonchev–Trinajstić information content (AvgIpc) is 3.46. The first-order valence-electron chi connectivity index (χ1n) is 9.74. The van der Waals surface area contributed by atoms with E-state index in [-0.39, 0.29) is 12.4 Å². The highest BCUT2D eigenvalue weighted by molar-refractivity contribution is 7.99. The molecule has 1 heterocycles. The van der Waals surface area contributed by atoms with Gasteiger partial charge in [0.15, 0.2) is 11.0 Å². The standard InChI is InChI=1S/C22H24FN3O2S/c1-14-6-5-7-15(2)20(14)28-12-17(27)13-29-22-25-24-21(26(22)16-10-11-16)18-8-3-4-9-19(18)23/h3-9,16-17,27H,10-13H2,1-2H3/t17-/m0/s1. The minimum Gasteiger partial charge on any atom is -0.490 e. The van der Waals surface area contributed by atoms with Gasteiger partial charge in [-0.1, -0.05) is 42.1 Å². The van der Waals surface area contributed by atoms with E-state index in [1.165, 1.54) is 17.8 Å². The lowest BCUT2D eigenvalue weighted by Gasteiger charge is -2.15. The molecule has 1 fully saturated rings. The van der Waals surface area contributed by atoms with Crippen LogP contribution in [0.3, 0.4) is 0 Å². The van der Waals surface area contributed by atoms with Gasteiger partial charge in [-0.05, 0) is 49.9 Å². The van der Waals surface area contributed by atoms with Gasteiger partial charge in [0, 0.05) is 11.8 Å². The molecule has 1 aliphatic carbocycles. The maximum Gasteiger partial charge on any atom is 0.191 e. The fourth-order valence-corrected chi connectivity index (χ4v) is 4.20. The predicted octanol–water partition coefficient (Wildman–Crippen LogP) is 4.57. The minimum atomic E-state index is -0.653. The van der Waals surface area contributed by atoms with E-state index in [1.54, 1.807) is 18.2 Å². The largest absolute Gasteiger partial charge is 0.490 e. The van der Waals surface area contributed by atoms with E-state index >= 15 is 0 Å². The number of aromatic nitrogens is 3. The van der Waals surface area contributed by atoms with Gasteiger partial charge in [-0.25, -0.2) is 4.39 Å². The van der Waals surface area contributed by atoms with Gasteiger partial charge in [-0.3, -0.25) is 4.57 Å². The number of aryl methyl sites for hydroxylation is 2. The third kappa shape index (κ3) is 4.46. The predicted molar refractivity (Wildman–Crippen MR) is 112 cm³/mol. The van der Waals surface area contributed by atoms with Crippen LogP contribution in [0.1, 0.15) is 30.0 Å². The first-order chi connectivity index (χ1) is 14.0. The molecule has 1 aliphatic rings. The fraction of sp³-hybridized carbons (Fsp3) is 0.364. The van der Waals surface area contributed by atoms with Gasteiger partial charge in [0.2, 0.25) is 0 Å².